The van der Waals surface area contributed by atoms with Crippen molar-refractivity contribution < 1.29 is 4.79 Å². The van der Waals surface area contributed by atoms with Crippen molar-refractivity contribution in [3.63, 3.8) is 0 Å². The highest BCUT2D eigenvalue weighted by molar-refractivity contribution is 5.82. The summed E-state index contributed by atoms with van der Waals surface area (Å²) in [4.78, 5) is 24.6. The Morgan fingerprint density at radius 1 is 1.03 bits per heavy atom. The third kappa shape index (κ3) is 5.59. The topological polar surface area (TPSA) is 51.2 Å². The number of rotatable bonds is 7. The van der Waals surface area contributed by atoms with Crippen LogP contribution in [0.3, 0.4) is 0 Å². The highest BCUT2D eigenvalue weighted by atomic mass is 16.2. The van der Waals surface area contributed by atoms with Gasteiger partial charge in [0.25, 0.3) is 0 Å². The molecule has 0 aromatic heterocycles. The predicted molar refractivity (Wildman–Crippen MR) is 126 cm³/mol. The van der Waals surface area contributed by atoms with Crippen molar-refractivity contribution in [2.24, 2.45) is 10.4 Å². The third-order valence-corrected chi connectivity index (χ3v) is 7.21. The molecule has 2 saturated heterocycles. The zero-order chi connectivity index (χ0) is 21.7. The molecule has 3 fully saturated rings. The van der Waals surface area contributed by atoms with E-state index in [0.29, 0.717) is 11.3 Å². The maximum atomic E-state index is 12.8. The van der Waals surface area contributed by atoms with E-state index in [-0.39, 0.29) is 6.04 Å². The molecule has 1 aromatic rings. The number of piperazine rings is 1. The number of guanidine groups is 1. The van der Waals surface area contributed by atoms with Gasteiger partial charge in [-0.05, 0) is 56.9 Å². The normalized spacial score (nSPS) is 22.5. The van der Waals surface area contributed by atoms with Crippen molar-refractivity contribution in [1.29, 1.82) is 0 Å². The number of nitrogens with one attached hydrogen (secondary N) is 1. The summed E-state index contributed by atoms with van der Waals surface area (Å²) >= 11 is 0. The summed E-state index contributed by atoms with van der Waals surface area (Å²) in [5.41, 5.74) is 1.77. The lowest BCUT2D eigenvalue weighted by molar-refractivity contribution is -0.135. The van der Waals surface area contributed by atoms with Crippen LogP contribution in [-0.2, 0) is 11.2 Å². The molecule has 170 valence electrons. The van der Waals surface area contributed by atoms with Crippen LogP contribution in [0.25, 0.3) is 0 Å². The van der Waals surface area contributed by atoms with Crippen molar-refractivity contribution in [3.05, 3.63) is 35.9 Å². The van der Waals surface area contributed by atoms with Gasteiger partial charge in [0.15, 0.2) is 5.96 Å². The Morgan fingerprint density at radius 3 is 2.32 bits per heavy atom. The molecule has 1 N–H and O–H groups in total. The second kappa shape index (κ2) is 10.0. The number of hydrogen-bond acceptors (Lipinski definition) is 3. The smallest absolute Gasteiger partial charge is 0.239 e. The van der Waals surface area contributed by atoms with Gasteiger partial charge in [0.1, 0.15) is 0 Å². The van der Waals surface area contributed by atoms with E-state index < -0.39 is 0 Å². The maximum Gasteiger partial charge on any atom is 0.239 e. The molecule has 1 atom stereocenters. The van der Waals surface area contributed by atoms with Crippen molar-refractivity contribution in [2.45, 2.75) is 52.0 Å². The second-order valence-corrected chi connectivity index (χ2v) is 9.56. The first-order valence-corrected chi connectivity index (χ1v) is 12.2. The van der Waals surface area contributed by atoms with Crippen LogP contribution >= 0.6 is 0 Å². The quantitative estimate of drug-likeness (QED) is 0.539. The molecule has 4 rings (SSSR count). The van der Waals surface area contributed by atoms with Gasteiger partial charge < -0.3 is 15.1 Å². The van der Waals surface area contributed by atoms with E-state index in [9.17, 15) is 4.79 Å². The molecule has 0 radical (unpaired) electrons. The summed E-state index contributed by atoms with van der Waals surface area (Å²) < 4.78 is 0. The van der Waals surface area contributed by atoms with Crippen molar-refractivity contribution in [3.8, 4) is 0 Å². The number of amides is 1. The monoisotopic (exact) mass is 425 g/mol. The number of aliphatic imine (C=N–C) groups is 1. The van der Waals surface area contributed by atoms with Crippen molar-refractivity contribution in [2.75, 3.05) is 52.4 Å². The van der Waals surface area contributed by atoms with Gasteiger partial charge in [0.05, 0.1) is 6.04 Å². The molecule has 1 saturated carbocycles. The summed E-state index contributed by atoms with van der Waals surface area (Å²) in [6.45, 7) is 11.6. The lowest BCUT2D eigenvalue weighted by Crippen LogP contribution is -2.57. The van der Waals surface area contributed by atoms with Gasteiger partial charge in [-0.15, -0.1) is 0 Å². The number of benzene rings is 1. The molecule has 6 nitrogen and oxygen atoms in total. The predicted octanol–water partition coefficient (Wildman–Crippen LogP) is 2.60. The highest BCUT2D eigenvalue weighted by Gasteiger charge is 2.42. The molecule has 3 aliphatic rings. The van der Waals surface area contributed by atoms with Crippen molar-refractivity contribution >= 4 is 11.9 Å². The van der Waals surface area contributed by atoms with Gasteiger partial charge in [-0.1, -0.05) is 30.3 Å². The van der Waals surface area contributed by atoms with Gasteiger partial charge in [0, 0.05) is 52.4 Å². The lowest BCUT2D eigenvalue weighted by Gasteiger charge is -2.39. The van der Waals surface area contributed by atoms with Crippen molar-refractivity contribution in [1.82, 2.24) is 20.0 Å². The standard InChI is InChI=1S/C25H39N5O/c1-3-26-24(27-20-25(11-12-25)19-22-9-5-4-6-10-22)30-17-15-28(16-18-30)21(2)23(31)29-13-7-8-14-29/h4-6,9-10,21H,3,7-8,11-20H2,1-2H3,(H,26,27). The zero-order valence-electron chi connectivity index (χ0n) is 19.4. The molecule has 0 spiro atoms. The van der Waals surface area contributed by atoms with Crippen LogP contribution in [0.15, 0.2) is 35.3 Å². The molecule has 1 aromatic carbocycles. The van der Waals surface area contributed by atoms with Crippen LogP contribution in [0.1, 0.15) is 45.1 Å². The number of carbonyl (C=O) groups is 1. The number of carbonyl (C=O) groups excluding carboxylic acids is 1. The second-order valence-electron chi connectivity index (χ2n) is 9.56. The Labute approximate surface area is 187 Å². The Bertz CT molecular complexity index is 746. The van der Waals surface area contributed by atoms with E-state index >= 15 is 0 Å². The van der Waals surface area contributed by atoms with E-state index in [0.717, 1.165) is 77.6 Å². The number of nitrogens with zero attached hydrogens (tertiary/aromatic N) is 4. The van der Waals surface area contributed by atoms with Crippen LogP contribution in [-0.4, -0.2) is 85.0 Å². The van der Waals surface area contributed by atoms with Crippen LogP contribution in [0.4, 0.5) is 0 Å². The maximum absolute atomic E-state index is 12.8. The first-order chi connectivity index (χ1) is 15.1. The molecule has 31 heavy (non-hydrogen) atoms. The fourth-order valence-electron chi connectivity index (χ4n) is 4.94. The summed E-state index contributed by atoms with van der Waals surface area (Å²) in [6.07, 6.45) is 5.98. The Morgan fingerprint density at radius 2 is 1.71 bits per heavy atom. The molecule has 2 heterocycles. The molecule has 1 unspecified atom stereocenters. The fourth-order valence-corrected chi connectivity index (χ4v) is 4.94. The van der Waals surface area contributed by atoms with E-state index in [1.165, 1.54) is 18.4 Å². The van der Waals surface area contributed by atoms with Gasteiger partial charge >= 0.3 is 0 Å². The average molecular weight is 426 g/mol. The van der Waals surface area contributed by atoms with E-state index in [4.69, 9.17) is 4.99 Å². The van der Waals surface area contributed by atoms with E-state index in [1.54, 1.807) is 0 Å². The minimum atomic E-state index is -0.0135. The molecular formula is C25H39N5O. The van der Waals surface area contributed by atoms with E-state index in [2.05, 4.69) is 59.3 Å². The van der Waals surface area contributed by atoms with Crippen LogP contribution in [0, 0.1) is 5.41 Å². The van der Waals surface area contributed by atoms with Gasteiger partial charge in [-0.3, -0.25) is 14.7 Å². The first kappa shape index (κ1) is 22.1. The van der Waals surface area contributed by atoms with Gasteiger partial charge in [0.2, 0.25) is 5.91 Å². The number of hydrogen-bond donors (Lipinski definition) is 1. The van der Waals surface area contributed by atoms with Gasteiger partial charge in [-0.2, -0.15) is 0 Å². The largest absolute Gasteiger partial charge is 0.357 e. The fraction of sp³-hybridized carbons (Fsp3) is 0.680. The number of likely N-dealkylation sites (tertiary alicyclic amines) is 1. The van der Waals surface area contributed by atoms with Crippen LogP contribution < -0.4 is 5.32 Å². The average Bonchev–Trinajstić information content (AvgIpc) is 3.34. The SMILES string of the molecule is CCNC(=NCC1(Cc2ccccc2)CC1)N1CCN(C(C)C(=O)N2CCCC2)CC1. The Balaban J connectivity index is 1.31. The Hall–Kier alpha value is -2.08. The molecule has 0 bridgehead atoms. The summed E-state index contributed by atoms with van der Waals surface area (Å²) in [7, 11) is 0. The Kier molecular flexibility index (Phi) is 7.16. The molecule has 2 aliphatic heterocycles. The molecule has 6 heteroatoms. The third-order valence-electron chi connectivity index (χ3n) is 7.21. The molecule has 1 aliphatic carbocycles. The van der Waals surface area contributed by atoms with Gasteiger partial charge in [-0.25, -0.2) is 0 Å². The summed E-state index contributed by atoms with van der Waals surface area (Å²) in [5, 5.41) is 3.51. The van der Waals surface area contributed by atoms with Crippen LogP contribution in [0.5, 0.6) is 0 Å². The minimum Gasteiger partial charge on any atom is -0.357 e. The van der Waals surface area contributed by atoms with E-state index in [1.807, 2.05) is 4.90 Å². The summed E-state index contributed by atoms with van der Waals surface area (Å²) in [5.74, 6) is 1.35. The first-order valence-electron chi connectivity index (χ1n) is 12.2. The zero-order valence-corrected chi connectivity index (χ0v) is 19.4. The minimum absolute atomic E-state index is 0.0135. The highest BCUT2D eigenvalue weighted by Crippen LogP contribution is 2.48. The summed E-state index contributed by atoms with van der Waals surface area (Å²) in [6, 6.07) is 10.8. The molecule has 1 amide bonds. The lowest BCUT2D eigenvalue weighted by atomic mass is 9.97. The van der Waals surface area contributed by atoms with Crippen LogP contribution in [0.2, 0.25) is 0 Å². The molecular weight excluding hydrogens is 386 g/mol.